The lowest BCUT2D eigenvalue weighted by atomic mass is 10.1. The van der Waals surface area contributed by atoms with E-state index in [1.54, 1.807) is 12.2 Å². The van der Waals surface area contributed by atoms with E-state index in [1.165, 1.54) is 10.6 Å². The van der Waals surface area contributed by atoms with Gasteiger partial charge in [-0.05, 0) is 32.8 Å². The first kappa shape index (κ1) is 18.0. The number of rotatable bonds is 5. The van der Waals surface area contributed by atoms with Crippen LogP contribution in [0.4, 0.5) is 13.2 Å². The molecule has 1 aromatic heterocycles. The summed E-state index contributed by atoms with van der Waals surface area (Å²) in [6, 6.07) is -0.932. The quantitative estimate of drug-likeness (QED) is 0.502. The normalized spacial score (nSPS) is 14.9. The minimum absolute atomic E-state index is 0.0996. The lowest BCUT2D eigenvalue weighted by Crippen LogP contribution is -2.46. The number of amides is 1. The monoisotopic (exact) mass is 346 g/mol. The Labute approximate surface area is 136 Å². The molecule has 0 spiro atoms. The number of carbonyl (C=O) groups is 3. The molecular weight excluding hydrogens is 329 g/mol. The molecule has 0 radical (unpaired) electrons. The minimum atomic E-state index is -4.65. The van der Waals surface area contributed by atoms with Gasteiger partial charge in [-0.25, -0.2) is 4.79 Å². The van der Waals surface area contributed by atoms with Crippen molar-refractivity contribution in [2.24, 2.45) is 0 Å². The average molecular weight is 346 g/mol. The van der Waals surface area contributed by atoms with E-state index in [0.29, 0.717) is 25.1 Å². The molecule has 0 saturated heterocycles. The third-order valence-corrected chi connectivity index (χ3v) is 3.78. The molecule has 0 unspecified atom stereocenters. The molecule has 2 rings (SSSR count). The summed E-state index contributed by atoms with van der Waals surface area (Å²) >= 11 is 0. The Morgan fingerprint density at radius 3 is 2.62 bits per heavy atom. The van der Waals surface area contributed by atoms with Gasteiger partial charge in [0.15, 0.2) is 0 Å². The Balaban J connectivity index is 2.26. The highest BCUT2D eigenvalue weighted by molar-refractivity contribution is 6.42. The van der Waals surface area contributed by atoms with E-state index in [4.69, 9.17) is 4.74 Å². The largest absolute Gasteiger partial charge is 0.462 e. The Morgan fingerprint density at radius 1 is 1.38 bits per heavy atom. The van der Waals surface area contributed by atoms with Gasteiger partial charge < -0.3 is 14.6 Å². The first-order valence-electron chi connectivity index (χ1n) is 7.48. The number of Topliss-reactive ketones (excluding diaryl/α,β-unsaturated/α-hetero) is 1. The van der Waals surface area contributed by atoms with E-state index in [-0.39, 0.29) is 17.9 Å². The molecular formula is C15H17F3N2O4. The van der Waals surface area contributed by atoms with E-state index in [2.05, 4.69) is 0 Å². The minimum Gasteiger partial charge on any atom is -0.462 e. The van der Waals surface area contributed by atoms with Crippen molar-refractivity contribution in [2.45, 2.75) is 45.5 Å². The standard InChI is InChI=1S/C15H17F3N2O4/c1-3-24-14(23)9-7-11(20-6-4-5-10(9)20)12(21)13(22)19-8(2)15(16,17)18/h7-8H,3-6H2,1-2H3,(H,19,22)/t8-/m1/s1. The number of halogens is 3. The van der Waals surface area contributed by atoms with Crippen molar-refractivity contribution >= 4 is 17.7 Å². The molecule has 1 aliphatic rings. The van der Waals surface area contributed by atoms with Crippen molar-refractivity contribution in [3.63, 3.8) is 0 Å². The molecule has 1 aromatic rings. The first-order chi connectivity index (χ1) is 11.2. The highest BCUT2D eigenvalue weighted by Crippen LogP contribution is 2.26. The maximum absolute atomic E-state index is 12.5. The number of ketones is 1. The average Bonchev–Trinajstić information content (AvgIpc) is 3.07. The number of hydrogen-bond donors (Lipinski definition) is 1. The second kappa shape index (κ2) is 6.66. The van der Waals surface area contributed by atoms with E-state index in [9.17, 15) is 27.6 Å². The highest BCUT2D eigenvalue weighted by Gasteiger charge is 2.39. The second-order valence-electron chi connectivity index (χ2n) is 5.43. The maximum atomic E-state index is 12.5. The molecule has 0 aliphatic carbocycles. The molecule has 1 aliphatic heterocycles. The molecule has 9 heteroatoms. The van der Waals surface area contributed by atoms with Crippen LogP contribution in [0.3, 0.4) is 0 Å². The lowest BCUT2D eigenvalue weighted by molar-refractivity contribution is -0.156. The van der Waals surface area contributed by atoms with E-state index in [0.717, 1.165) is 6.92 Å². The zero-order valence-corrected chi connectivity index (χ0v) is 13.2. The molecule has 0 bridgehead atoms. The Morgan fingerprint density at radius 2 is 2.04 bits per heavy atom. The van der Waals surface area contributed by atoms with Crippen LogP contribution in [0.1, 0.15) is 46.8 Å². The van der Waals surface area contributed by atoms with Crippen molar-refractivity contribution in [2.75, 3.05) is 6.61 Å². The van der Waals surface area contributed by atoms with Gasteiger partial charge in [0.1, 0.15) is 6.04 Å². The van der Waals surface area contributed by atoms with Gasteiger partial charge in [-0.3, -0.25) is 9.59 Å². The summed E-state index contributed by atoms with van der Waals surface area (Å²) in [6.45, 7) is 2.94. The van der Waals surface area contributed by atoms with Crippen molar-refractivity contribution in [3.05, 3.63) is 23.0 Å². The Hall–Kier alpha value is -2.32. The maximum Gasteiger partial charge on any atom is 0.408 e. The molecule has 1 atom stereocenters. The Bertz CT molecular complexity index is 679. The van der Waals surface area contributed by atoms with Gasteiger partial charge >= 0.3 is 12.1 Å². The van der Waals surface area contributed by atoms with Crippen molar-refractivity contribution in [3.8, 4) is 0 Å². The molecule has 132 valence electrons. The van der Waals surface area contributed by atoms with Crippen LogP contribution in [0.2, 0.25) is 0 Å². The van der Waals surface area contributed by atoms with Crippen LogP contribution in [-0.2, 0) is 22.5 Å². The van der Waals surface area contributed by atoms with E-state index >= 15 is 0 Å². The fourth-order valence-corrected chi connectivity index (χ4v) is 2.55. The van der Waals surface area contributed by atoms with Crippen LogP contribution in [0.5, 0.6) is 0 Å². The third-order valence-electron chi connectivity index (χ3n) is 3.78. The zero-order chi connectivity index (χ0) is 18.1. The summed E-state index contributed by atoms with van der Waals surface area (Å²) in [5, 5.41) is 1.63. The van der Waals surface area contributed by atoms with Crippen LogP contribution in [0.25, 0.3) is 0 Å². The number of aromatic nitrogens is 1. The van der Waals surface area contributed by atoms with Crippen molar-refractivity contribution in [1.82, 2.24) is 9.88 Å². The molecule has 0 fully saturated rings. The topological polar surface area (TPSA) is 77.4 Å². The van der Waals surface area contributed by atoms with Crippen LogP contribution in [0.15, 0.2) is 6.07 Å². The van der Waals surface area contributed by atoms with Crippen LogP contribution < -0.4 is 5.32 Å². The summed E-state index contributed by atoms with van der Waals surface area (Å²) in [4.78, 5) is 35.9. The predicted octanol–water partition coefficient (Wildman–Crippen LogP) is 1.86. The first-order valence-corrected chi connectivity index (χ1v) is 7.48. The van der Waals surface area contributed by atoms with E-state index < -0.39 is 29.9 Å². The van der Waals surface area contributed by atoms with Gasteiger partial charge in [0.25, 0.3) is 11.7 Å². The molecule has 0 aromatic carbocycles. The lowest BCUT2D eigenvalue weighted by Gasteiger charge is -2.16. The molecule has 24 heavy (non-hydrogen) atoms. The summed E-state index contributed by atoms with van der Waals surface area (Å²) < 4.78 is 43.9. The van der Waals surface area contributed by atoms with Crippen molar-refractivity contribution < 1.29 is 32.3 Å². The smallest absolute Gasteiger partial charge is 0.408 e. The molecule has 0 saturated carbocycles. The van der Waals surface area contributed by atoms with Crippen LogP contribution in [-0.4, -0.2) is 41.1 Å². The highest BCUT2D eigenvalue weighted by atomic mass is 19.4. The van der Waals surface area contributed by atoms with Gasteiger partial charge in [-0.15, -0.1) is 0 Å². The Kier molecular flexibility index (Phi) is 5.00. The molecule has 1 amide bonds. The number of ether oxygens (including phenoxy) is 1. The SMILES string of the molecule is CCOC(=O)c1cc(C(=O)C(=O)N[C@H](C)C(F)(F)F)n2c1CCC2. The molecule has 2 heterocycles. The van der Waals surface area contributed by atoms with Gasteiger partial charge in [-0.1, -0.05) is 0 Å². The fourth-order valence-electron chi connectivity index (χ4n) is 2.55. The number of fused-ring (bicyclic) bond motifs is 1. The number of hydrogen-bond acceptors (Lipinski definition) is 4. The van der Waals surface area contributed by atoms with Gasteiger partial charge in [0, 0.05) is 12.2 Å². The number of carbonyl (C=O) groups excluding carboxylic acids is 3. The second-order valence-corrected chi connectivity index (χ2v) is 5.43. The van der Waals surface area contributed by atoms with Gasteiger partial charge in [-0.2, -0.15) is 13.2 Å². The van der Waals surface area contributed by atoms with Crippen LogP contribution >= 0.6 is 0 Å². The number of esters is 1. The number of alkyl halides is 3. The number of nitrogens with one attached hydrogen (secondary N) is 1. The third kappa shape index (κ3) is 3.44. The number of nitrogens with zero attached hydrogens (tertiary/aromatic N) is 1. The zero-order valence-electron chi connectivity index (χ0n) is 13.2. The molecule has 1 N–H and O–H groups in total. The fraction of sp³-hybridized carbons (Fsp3) is 0.533. The van der Waals surface area contributed by atoms with Crippen molar-refractivity contribution in [1.29, 1.82) is 0 Å². The summed E-state index contributed by atoms with van der Waals surface area (Å²) in [5.41, 5.74) is 0.639. The molecule has 6 nitrogen and oxygen atoms in total. The van der Waals surface area contributed by atoms with Gasteiger partial charge in [0.05, 0.1) is 17.9 Å². The summed E-state index contributed by atoms with van der Waals surface area (Å²) in [6.07, 6.45) is -3.45. The van der Waals surface area contributed by atoms with Crippen LogP contribution in [0, 0.1) is 0 Å². The van der Waals surface area contributed by atoms with E-state index in [1.807, 2.05) is 0 Å². The predicted molar refractivity (Wildman–Crippen MR) is 76.7 cm³/mol. The summed E-state index contributed by atoms with van der Waals surface area (Å²) in [7, 11) is 0. The van der Waals surface area contributed by atoms with Gasteiger partial charge in [0.2, 0.25) is 0 Å². The summed E-state index contributed by atoms with van der Waals surface area (Å²) in [5.74, 6) is -3.08.